The second-order valence-electron chi connectivity index (χ2n) is 5.54. The van der Waals surface area contributed by atoms with Crippen molar-refractivity contribution in [3.8, 4) is 0 Å². The zero-order valence-electron chi connectivity index (χ0n) is 11.7. The monoisotopic (exact) mass is 338 g/mol. The molecule has 0 fully saturated rings. The Morgan fingerprint density at radius 3 is 2.39 bits per heavy atom. The van der Waals surface area contributed by atoms with Gasteiger partial charge < -0.3 is 0 Å². The molecule has 0 atom stereocenters. The van der Waals surface area contributed by atoms with Gasteiger partial charge in [0, 0.05) is 10.9 Å². The molecule has 3 aromatic rings. The minimum atomic E-state index is -0.126. The van der Waals surface area contributed by atoms with Gasteiger partial charge in [0.05, 0.1) is 27.0 Å². The maximum atomic E-state index is 12.9. The number of hydrogen-bond donors (Lipinski definition) is 0. The van der Waals surface area contributed by atoms with Crippen molar-refractivity contribution in [2.24, 2.45) is 4.99 Å². The fourth-order valence-electron chi connectivity index (χ4n) is 3.27. The molecule has 2 aliphatic heterocycles. The molecule has 0 saturated heterocycles. The first-order valence-corrected chi connectivity index (χ1v) is 7.85. The van der Waals surface area contributed by atoms with Gasteiger partial charge in [0.25, 0.3) is 5.91 Å². The van der Waals surface area contributed by atoms with Crippen molar-refractivity contribution in [1.29, 1.82) is 0 Å². The summed E-state index contributed by atoms with van der Waals surface area (Å²) in [7, 11) is 0. The number of amides is 1. The lowest BCUT2D eigenvalue weighted by Crippen LogP contribution is -2.31. The van der Waals surface area contributed by atoms with E-state index in [1.807, 2.05) is 36.4 Å². The predicted molar refractivity (Wildman–Crippen MR) is 93.4 cm³/mol. The maximum Gasteiger partial charge on any atom is 0.264 e. The van der Waals surface area contributed by atoms with Gasteiger partial charge in [-0.15, -0.1) is 0 Å². The predicted octanol–water partition coefficient (Wildman–Crippen LogP) is 5.20. The standard InChI is InChI=1S/C18H8Cl2N2O/c19-12-7-10-11(8-13(12)20)18(23)22-15-6-2-4-9-3-1-5-14(16(9)15)21-17(10)22/h1-8H. The van der Waals surface area contributed by atoms with E-state index in [9.17, 15) is 4.79 Å². The molecule has 2 aliphatic rings. The molecule has 0 aromatic heterocycles. The Hall–Kier alpha value is -2.36. The van der Waals surface area contributed by atoms with Crippen LogP contribution in [0.4, 0.5) is 11.4 Å². The van der Waals surface area contributed by atoms with E-state index in [0.29, 0.717) is 21.4 Å². The Bertz CT molecular complexity index is 1070. The number of benzene rings is 3. The van der Waals surface area contributed by atoms with Gasteiger partial charge in [0.1, 0.15) is 5.84 Å². The largest absolute Gasteiger partial charge is 0.268 e. The van der Waals surface area contributed by atoms with Crippen molar-refractivity contribution < 1.29 is 4.79 Å². The van der Waals surface area contributed by atoms with Crippen LogP contribution in [-0.2, 0) is 0 Å². The van der Waals surface area contributed by atoms with Gasteiger partial charge in [-0.2, -0.15) is 0 Å². The van der Waals surface area contributed by atoms with Crippen LogP contribution in [0.2, 0.25) is 10.0 Å². The SMILES string of the molecule is O=C1c2cc(Cl)c(Cl)cc2C2=Nc3cccc4cccc(c34)N12. The Morgan fingerprint density at radius 1 is 0.913 bits per heavy atom. The van der Waals surface area contributed by atoms with E-state index in [1.165, 1.54) is 0 Å². The van der Waals surface area contributed by atoms with Crippen molar-refractivity contribution >= 4 is 57.1 Å². The molecule has 110 valence electrons. The van der Waals surface area contributed by atoms with Gasteiger partial charge in [0.15, 0.2) is 0 Å². The quantitative estimate of drug-likeness (QED) is 0.554. The summed E-state index contributed by atoms with van der Waals surface area (Å²) < 4.78 is 0. The van der Waals surface area contributed by atoms with Crippen LogP contribution in [0.5, 0.6) is 0 Å². The third-order valence-electron chi connectivity index (χ3n) is 4.27. The second kappa shape index (κ2) is 4.34. The third-order valence-corrected chi connectivity index (χ3v) is 5.00. The molecule has 3 nitrogen and oxygen atoms in total. The van der Waals surface area contributed by atoms with E-state index in [0.717, 1.165) is 27.7 Å². The number of hydrogen-bond acceptors (Lipinski definition) is 2. The summed E-state index contributed by atoms with van der Waals surface area (Å²) in [5, 5.41) is 2.83. The van der Waals surface area contributed by atoms with Gasteiger partial charge in [-0.05, 0) is 29.7 Å². The van der Waals surface area contributed by atoms with Crippen molar-refractivity contribution in [3.63, 3.8) is 0 Å². The molecule has 2 heterocycles. The highest BCUT2D eigenvalue weighted by Crippen LogP contribution is 2.44. The lowest BCUT2D eigenvalue weighted by atomic mass is 10.0. The summed E-state index contributed by atoms with van der Waals surface area (Å²) in [5.41, 5.74) is 2.95. The number of nitrogens with zero attached hydrogens (tertiary/aromatic N) is 2. The highest BCUT2D eigenvalue weighted by molar-refractivity contribution is 6.45. The van der Waals surface area contributed by atoms with E-state index in [1.54, 1.807) is 17.0 Å². The maximum absolute atomic E-state index is 12.9. The van der Waals surface area contributed by atoms with Crippen molar-refractivity contribution in [2.75, 3.05) is 4.90 Å². The number of carbonyl (C=O) groups excluding carboxylic acids is 1. The first-order chi connectivity index (χ1) is 11.1. The van der Waals surface area contributed by atoms with Crippen LogP contribution in [0.15, 0.2) is 53.5 Å². The molecule has 23 heavy (non-hydrogen) atoms. The average Bonchev–Trinajstić information content (AvgIpc) is 2.81. The molecular formula is C18H8Cl2N2O. The summed E-state index contributed by atoms with van der Waals surface area (Å²) in [6, 6.07) is 15.2. The Morgan fingerprint density at radius 2 is 1.61 bits per heavy atom. The fourth-order valence-corrected chi connectivity index (χ4v) is 3.60. The first kappa shape index (κ1) is 13.1. The van der Waals surface area contributed by atoms with Crippen LogP contribution in [-0.4, -0.2) is 11.7 Å². The van der Waals surface area contributed by atoms with Crippen molar-refractivity contribution in [3.05, 3.63) is 69.7 Å². The number of aliphatic imine (C=N–C) groups is 1. The minimum absolute atomic E-state index is 0.126. The molecule has 0 unspecified atom stereocenters. The third kappa shape index (κ3) is 1.61. The molecule has 0 radical (unpaired) electrons. The minimum Gasteiger partial charge on any atom is -0.268 e. The van der Waals surface area contributed by atoms with Crippen molar-refractivity contribution in [2.45, 2.75) is 0 Å². The first-order valence-electron chi connectivity index (χ1n) is 7.09. The molecule has 0 aliphatic carbocycles. The summed E-state index contributed by atoms with van der Waals surface area (Å²) in [4.78, 5) is 19.2. The number of halogens is 2. The number of anilines is 1. The molecule has 5 rings (SSSR count). The molecular weight excluding hydrogens is 331 g/mol. The summed E-state index contributed by atoms with van der Waals surface area (Å²) in [6.07, 6.45) is 0. The van der Waals surface area contributed by atoms with Gasteiger partial charge in [-0.25, -0.2) is 4.99 Å². The molecule has 0 spiro atoms. The van der Waals surface area contributed by atoms with E-state index < -0.39 is 0 Å². The van der Waals surface area contributed by atoms with E-state index >= 15 is 0 Å². The van der Waals surface area contributed by atoms with E-state index in [4.69, 9.17) is 28.2 Å². The number of rotatable bonds is 0. The van der Waals surface area contributed by atoms with E-state index in [2.05, 4.69) is 0 Å². The second-order valence-corrected chi connectivity index (χ2v) is 6.35. The van der Waals surface area contributed by atoms with Crippen LogP contribution in [0, 0.1) is 0 Å². The van der Waals surface area contributed by atoms with Crippen LogP contribution in [0.1, 0.15) is 15.9 Å². The normalized spacial score (nSPS) is 14.8. The van der Waals surface area contributed by atoms with Gasteiger partial charge >= 0.3 is 0 Å². The fraction of sp³-hybridized carbons (Fsp3) is 0. The zero-order chi connectivity index (χ0) is 15.7. The molecule has 1 amide bonds. The highest BCUT2D eigenvalue weighted by Gasteiger charge is 2.38. The summed E-state index contributed by atoms with van der Waals surface area (Å²) in [5.74, 6) is 0.481. The number of carbonyl (C=O) groups is 1. The number of amidine groups is 1. The van der Waals surface area contributed by atoms with Crippen LogP contribution in [0.25, 0.3) is 10.8 Å². The lowest BCUT2D eigenvalue weighted by Gasteiger charge is -2.24. The molecule has 0 saturated carbocycles. The van der Waals surface area contributed by atoms with E-state index in [-0.39, 0.29) is 5.91 Å². The topological polar surface area (TPSA) is 32.7 Å². The number of fused-ring (bicyclic) bond motifs is 4. The summed E-state index contributed by atoms with van der Waals surface area (Å²) >= 11 is 12.2. The summed E-state index contributed by atoms with van der Waals surface area (Å²) in [6.45, 7) is 0. The van der Waals surface area contributed by atoms with Crippen LogP contribution in [0.3, 0.4) is 0 Å². The molecule has 5 heteroatoms. The highest BCUT2D eigenvalue weighted by atomic mass is 35.5. The average molecular weight is 339 g/mol. The Labute approximate surface area is 141 Å². The zero-order valence-corrected chi connectivity index (χ0v) is 13.2. The van der Waals surface area contributed by atoms with Gasteiger partial charge in [0.2, 0.25) is 0 Å². The Kier molecular flexibility index (Phi) is 2.48. The molecule has 0 bridgehead atoms. The van der Waals surface area contributed by atoms with Gasteiger partial charge in [-0.3, -0.25) is 9.69 Å². The van der Waals surface area contributed by atoms with Crippen LogP contribution < -0.4 is 4.90 Å². The lowest BCUT2D eigenvalue weighted by molar-refractivity contribution is 0.101. The van der Waals surface area contributed by atoms with Gasteiger partial charge in [-0.1, -0.05) is 47.5 Å². The van der Waals surface area contributed by atoms with Crippen molar-refractivity contribution in [1.82, 2.24) is 0 Å². The Balaban J connectivity index is 1.89. The smallest absolute Gasteiger partial charge is 0.264 e. The molecule has 3 aromatic carbocycles. The molecule has 0 N–H and O–H groups in total. The van der Waals surface area contributed by atoms with Crippen LogP contribution >= 0.6 is 23.2 Å².